The molecule has 0 aliphatic carbocycles. The number of sulfonamides is 1. The van der Waals surface area contributed by atoms with E-state index in [1.165, 1.54) is 17.7 Å². The number of carbonyl (C=O) groups is 1. The van der Waals surface area contributed by atoms with Crippen molar-refractivity contribution in [2.24, 2.45) is 0 Å². The van der Waals surface area contributed by atoms with Crippen molar-refractivity contribution in [1.29, 1.82) is 0 Å². The Hall–Kier alpha value is -1.60. The number of methoxy groups -OCH3 is 1. The molecule has 1 rings (SSSR count). The molecule has 0 aliphatic rings. The third kappa shape index (κ3) is 6.03. The SMILES string of the molecule is CCCCN(CCC(=O)Nc1ccccc1OC)S(C)(=O)=O. The highest BCUT2D eigenvalue weighted by molar-refractivity contribution is 7.88. The summed E-state index contributed by atoms with van der Waals surface area (Å²) in [7, 11) is -1.76. The normalized spacial score (nSPS) is 11.5. The largest absolute Gasteiger partial charge is 0.495 e. The molecule has 7 heteroatoms. The molecule has 22 heavy (non-hydrogen) atoms. The number of benzene rings is 1. The lowest BCUT2D eigenvalue weighted by atomic mass is 10.2. The highest BCUT2D eigenvalue weighted by atomic mass is 32.2. The molecular formula is C15H24N2O4S. The van der Waals surface area contributed by atoms with E-state index in [0.717, 1.165) is 12.8 Å². The molecule has 0 heterocycles. The lowest BCUT2D eigenvalue weighted by Gasteiger charge is -2.19. The fourth-order valence-corrected chi connectivity index (χ4v) is 2.85. The zero-order valence-corrected chi connectivity index (χ0v) is 14.1. The molecule has 0 aliphatic heterocycles. The number of ether oxygens (including phenoxy) is 1. The van der Waals surface area contributed by atoms with Crippen LogP contribution in [0.4, 0.5) is 5.69 Å². The van der Waals surface area contributed by atoms with E-state index in [1.54, 1.807) is 18.2 Å². The van der Waals surface area contributed by atoms with E-state index in [0.29, 0.717) is 18.0 Å². The molecule has 0 saturated carbocycles. The summed E-state index contributed by atoms with van der Waals surface area (Å²) in [6, 6.07) is 7.09. The van der Waals surface area contributed by atoms with E-state index in [9.17, 15) is 13.2 Å². The number of rotatable bonds is 9. The summed E-state index contributed by atoms with van der Waals surface area (Å²) in [6.45, 7) is 2.62. The van der Waals surface area contributed by atoms with Gasteiger partial charge in [-0.2, -0.15) is 0 Å². The molecule has 0 unspecified atom stereocenters. The molecule has 0 bridgehead atoms. The molecule has 0 aromatic heterocycles. The van der Waals surface area contributed by atoms with Crippen LogP contribution in [0.3, 0.4) is 0 Å². The van der Waals surface area contributed by atoms with Crippen molar-refractivity contribution in [2.45, 2.75) is 26.2 Å². The second-order valence-electron chi connectivity index (χ2n) is 5.01. The minimum Gasteiger partial charge on any atom is -0.495 e. The van der Waals surface area contributed by atoms with Crippen molar-refractivity contribution < 1.29 is 17.9 Å². The lowest BCUT2D eigenvalue weighted by Crippen LogP contribution is -2.33. The van der Waals surface area contributed by atoms with Crippen LogP contribution in [0.1, 0.15) is 26.2 Å². The summed E-state index contributed by atoms with van der Waals surface area (Å²) in [4.78, 5) is 12.0. The van der Waals surface area contributed by atoms with E-state index in [1.807, 2.05) is 13.0 Å². The van der Waals surface area contributed by atoms with Gasteiger partial charge in [0.2, 0.25) is 15.9 Å². The second kappa shape index (κ2) is 8.75. The minimum atomic E-state index is -3.29. The Morgan fingerprint density at radius 3 is 2.55 bits per heavy atom. The summed E-state index contributed by atoms with van der Waals surface area (Å²) in [6.07, 6.45) is 2.95. The monoisotopic (exact) mass is 328 g/mol. The molecule has 0 fully saturated rings. The van der Waals surface area contributed by atoms with Gasteiger partial charge in [-0.15, -0.1) is 0 Å². The van der Waals surface area contributed by atoms with Gasteiger partial charge in [0.1, 0.15) is 5.75 Å². The molecule has 124 valence electrons. The van der Waals surface area contributed by atoms with Crippen LogP contribution in [0.15, 0.2) is 24.3 Å². The van der Waals surface area contributed by atoms with Crippen molar-refractivity contribution in [3.63, 3.8) is 0 Å². The van der Waals surface area contributed by atoms with Gasteiger partial charge in [-0.3, -0.25) is 4.79 Å². The van der Waals surface area contributed by atoms with Crippen LogP contribution in [0.25, 0.3) is 0 Å². The molecule has 0 spiro atoms. The predicted molar refractivity (Wildman–Crippen MR) is 87.6 cm³/mol. The van der Waals surface area contributed by atoms with Gasteiger partial charge in [-0.1, -0.05) is 25.5 Å². The van der Waals surface area contributed by atoms with Crippen molar-refractivity contribution in [3.05, 3.63) is 24.3 Å². The highest BCUT2D eigenvalue weighted by Crippen LogP contribution is 2.23. The van der Waals surface area contributed by atoms with E-state index in [4.69, 9.17) is 4.74 Å². The third-order valence-corrected chi connectivity index (χ3v) is 4.50. The average Bonchev–Trinajstić information content (AvgIpc) is 2.46. The quantitative estimate of drug-likeness (QED) is 0.753. The summed E-state index contributed by atoms with van der Waals surface area (Å²) in [5.74, 6) is 0.330. The first-order valence-corrected chi connectivity index (χ1v) is 9.11. The number of nitrogens with one attached hydrogen (secondary N) is 1. The number of nitrogens with zero attached hydrogens (tertiary/aromatic N) is 1. The van der Waals surface area contributed by atoms with Gasteiger partial charge in [-0.25, -0.2) is 12.7 Å². The van der Waals surface area contributed by atoms with E-state index in [2.05, 4.69) is 5.32 Å². The average molecular weight is 328 g/mol. The second-order valence-corrected chi connectivity index (χ2v) is 7.00. The summed E-state index contributed by atoms with van der Waals surface area (Å²) < 4.78 is 29.9. The van der Waals surface area contributed by atoms with Gasteiger partial charge in [0, 0.05) is 19.5 Å². The summed E-state index contributed by atoms with van der Waals surface area (Å²) in [5.41, 5.74) is 0.578. The van der Waals surface area contributed by atoms with Gasteiger partial charge < -0.3 is 10.1 Å². The Bertz CT molecular complexity index is 587. The Morgan fingerprint density at radius 1 is 1.27 bits per heavy atom. The van der Waals surface area contributed by atoms with Gasteiger partial charge in [0.05, 0.1) is 19.1 Å². The van der Waals surface area contributed by atoms with Gasteiger partial charge in [0.25, 0.3) is 0 Å². The number of hydrogen-bond donors (Lipinski definition) is 1. The zero-order valence-electron chi connectivity index (χ0n) is 13.3. The third-order valence-electron chi connectivity index (χ3n) is 3.20. The smallest absolute Gasteiger partial charge is 0.225 e. The number of hydrogen-bond acceptors (Lipinski definition) is 4. The number of para-hydroxylation sites is 2. The van der Waals surface area contributed by atoms with Gasteiger partial charge >= 0.3 is 0 Å². The van der Waals surface area contributed by atoms with Crippen molar-refractivity contribution in [3.8, 4) is 5.75 Å². The first-order chi connectivity index (χ1) is 10.4. The van der Waals surface area contributed by atoms with Crippen LogP contribution >= 0.6 is 0 Å². The summed E-state index contributed by atoms with van der Waals surface area (Å²) >= 11 is 0. The molecule has 6 nitrogen and oxygen atoms in total. The van der Waals surface area contributed by atoms with Crippen molar-refractivity contribution >= 4 is 21.6 Å². The Kier molecular flexibility index (Phi) is 7.34. The standard InChI is InChI=1S/C15H24N2O4S/c1-4-5-11-17(22(3,19)20)12-10-15(18)16-13-8-6-7-9-14(13)21-2/h6-9H,4-5,10-12H2,1-3H3,(H,16,18). The fourth-order valence-electron chi connectivity index (χ4n) is 1.96. The number of unbranched alkanes of at least 4 members (excludes halogenated alkanes) is 1. The minimum absolute atomic E-state index is 0.106. The maximum absolute atomic E-state index is 12.0. The molecule has 0 saturated heterocycles. The zero-order chi connectivity index (χ0) is 16.6. The topological polar surface area (TPSA) is 75.7 Å². The first-order valence-electron chi connectivity index (χ1n) is 7.26. The molecule has 1 aromatic carbocycles. The Labute approximate surface area is 132 Å². The summed E-state index contributed by atoms with van der Waals surface area (Å²) in [5, 5.41) is 2.74. The van der Waals surface area contributed by atoms with Crippen LogP contribution in [0, 0.1) is 0 Å². The molecule has 1 N–H and O–H groups in total. The predicted octanol–water partition coefficient (Wildman–Crippen LogP) is 2.09. The lowest BCUT2D eigenvalue weighted by molar-refractivity contribution is -0.116. The molecule has 0 atom stereocenters. The molecular weight excluding hydrogens is 304 g/mol. The molecule has 1 aromatic rings. The van der Waals surface area contributed by atoms with E-state index >= 15 is 0 Å². The van der Waals surface area contributed by atoms with Crippen LogP contribution in [-0.2, 0) is 14.8 Å². The Morgan fingerprint density at radius 2 is 1.95 bits per heavy atom. The van der Waals surface area contributed by atoms with Crippen LogP contribution in [0.2, 0.25) is 0 Å². The van der Waals surface area contributed by atoms with Crippen LogP contribution in [0.5, 0.6) is 5.75 Å². The fraction of sp³-hybridized carbons (Fsp3) is 0.533. The van der Waals surface area contributed by atoms with E-state index < -0.39 is 10.0 Å². The van der Waals surface area contributed by atoms with Gasteiger partial charge in [-0.05, 0) is 18.6 Å². The highest BCUT2D eigenvalue weighted by Gasteiger charge is 2.17. The number of anilines is 1. The number of carbonyl (C=O) groups excluding carboxylic acids is 1. The van der Waals surface area contributed by atoms with Gasteiger partial charge in [0.15, 0.2) is 0 Å². The van der Waals surface area contributed by atoms with Crippen LogP contribution in [-0.4, -0.2) is 45.1 Å². The van der Waals surface area contributed by atoms with Crippen LogP contribution < -0.4 is 10.1 Å². The van der Waals surface area contributed by atoms with Crippen molar-refractivity contribution in [2.75, 3.05) is 31.8 Å². The van der Waals surface area contributed by atoms with Crippen molar-refractivity contribution in [1.82, 2.24) is 4.31 Å². The first kappa shape index (κ1) is 18.4. The van der Waals surface area contributed by atoms with E-state index in [-0.39, 0.29) is 18.9 Å². The Balaban J connectivity index is 2.60. The molecule has 0 radical (unpaired) electrons. The molecule has 1 amide bonds. The number of amides is 1. The maximum Gasteiger partial charge on any atom is 0.225 e. The maximum atomic E-state index is 12.0.